The summed E-state index contributed by atoms with van der Waals surface area (Å²) in [4.78, 5) is 11.5. The van der Waals surface area contributed by atoms with Crippen molar-refractivity contribution < 1.29 is 14.3 Å². The zero-order valence-electron chi connectivity index (χ0n) is 14.7. The number of benzene rings is 1. The normalized spacial score (nSPS) is 15.0. The maximum atomic E-state index is 13.5. The van der Waals surface area contributed by atoms with Crippen molar-refractivity contribution in [2.24, 2.45) is 7.05 Å². The van der Waals surface area contributed by atoms with Crippen molar-refractivity contribution in [2.75, 3.05) is 0 Å². The Kier molecular flexibility index (Phi) is 3.90. The first-order valence-electron chi connectivity index (χ1n) is 8.77. The lowest BCUT2D eigenvalue weighted by molar-refractivity contribution is -0.132. The average Bonchev–Trinajstić information content (AvgIpc) is 3.29. The predicted octanol–water partition coefficient (Wildman–Crippen LogP) is 4.26. The van der Waals surface area contributed by atoms with Gasteiger partial charge in [-0.25, -0.2) is 9.18 Å². The fourth-order valence-corrected chi connectivity index (χ4v) is 3.42. The van der Waals surface area contributed by atoms with E-state index in [0.717, 1.165) is 40.8 Å². The Bertz CT molecular complexity index is 1040. The highest BCUT2D eigenvalue weighted by Crippen LogP contribution is 2.43. The molecule has 26 heavy (non-hydrogen) atoms. The van der Waals surface area contributed by atoms with Crippen LogP contribution in [-0.4, -0.2) is 25.4 Å². The molecule has 0 aliphatic heterocycles. The number of fused-ring (bicyclic) bond motifs is 1. The topological polar surface area (TPSA) is 60.0 Å². The lowest BCUT2D eigenvalue weighted by Crippen LogP contribution is -2.04. The molecule has 1 aliphatic carbocycles. The second-order valence-electron chi connectivity index (χ2n) is 6.74. The summed E-state index contributed by atoms with van der Waals surface area (Å²) in [5.74, 6) is -0.00486. The van der Waals surface area contributed by atoms with E-state index in [2.05, 4.69) is 5.10 Å². The Morgan fingerprint density at radius 2 is 2.15 bits per heavy atom. The van der Waals surface area contributed by atoms with E-state index in [1.165, 1.54) is 12.1 Å². The third-order valence-electron chi connectivity index (χ3n) is 4.90. The monoisotopic (exact) mass is 353 g/mol. The van der Waals surface area contributed by atoms with Gasteiger partial charge in [-0.05, 0) is 49.6 Å². The summed E-state index contributed by atoms with van der Waals surface area (Å²) in [5, 5.41) is 14.9. The zero-order chi connectivity index (χ0) is 18.4. The predicted molar refractivity (Wildman–Crippen MR) is 97.9 cm³/mol. The van der Waals surface area contributed by atoms with Crippen LogP contribution in [0.15, 0.2) is 36.0 Å². The third kappa shape index (κ3) is 2.71. The maximum Gasteiger partial charge on any atom is 0.331 e. The standard InChI is InChI=1S/C20H20FN3O2/c1-3-12(20(25)26)11-16-18(13-4-5-13)22-23(2)19(16)24-9-8-14-10-15(21)6-7-17(14)24/h6-11,13H,3-5H2,1-2H3,(H,25,26). The van der Waals surface area contributed by atoms with Gasteiger partial charge >= 0.3 is 5.97 Å². The number of aryl methyl sites for hydroxylation is 1. The Morgan fingerprint density at radius 3 is 2.81 bits per heavy atom. The zero-order valence-corrected chi connectivity index (χ0v) is 14.7. The van der Waals surface area contributed by atoms with Gasteiger partial charge in [0.15, 0.2) is 0 Å². The molecule has 1 aromatic carbocycles. The maximum absolute atomic E-state index is 13.5. The van der Waals surface area contributed by atoms with Gasteiger partial charge in [0.2, 0.25) is 0 Å². The molecule has 0 bridgehead atoms. The van der Waals surface area contributed by atoms with Crippen LogP contribution in [0.1, 0.15) is 43.4 Å². The summed E-state index contributed by atoms with van der Waals surface area (Å²) in [5.41, 5.74) is 3.00. The second-order valence-corrected chi connectivity index (χ2v) is 6.74. The smallest absolute Gasteiger partial charge is 0.331 e. The minimum atomic E-state index is -0.913. The van der Waals surface area contributed by atoms with E-state index < -0.39 is 5.97 Å². The fourth-order valence-electron chi connectivity index (χ4n) is 3.42. The summed E-state index contributed by atoms with van der Waals surface area (Å²) >= 11 is 0. The van der Waals surface area contributed by atoms with Gasteiger partial charge in [0.1, 0.15) is 11.6 Å². The highest BCUT2D eigenvalue weighted by molar-refractivity contribution is 5.93. The second kappa shape index (κ2) is 6.12. The molecule has 6 heteroatoms. The number of carbonyl (C=O) groups is 1. The molecule has 0 amide bonds. The van der Waals surface area contributed by atoms with Gasteiger partial charge in [0, 0.05) is 35.7 Å². The van der Waals surface area contributed by atoms with E-state index in [-0.39, 0.29) is 5.82 Å². The number of nitrogens with zero attached hydrogens (tertiary/aromatic N) is 3. The lowest BCUT2D eigenvalue weighted by Gasteiger charge is -2.09. The van der Waals surface area contributed by atoms with Crippen LogP contribution in [0, 0.1) is 5.82 Å². The van der Waals surface area contributed by atoms with E-state index in [1.807, 2.05) is 30.8 Å². The first-order valence-corrected chi connectivity index (χ1v) is 8.77. The highest BCUT2D eigenvalue weighted by Gasteiger charge is 2.31. The van der Waals surface area contributed by atoms with Crippen molar-refractivity contribution in [1.82, 2.24) is 14.3 Å². The first kappa shape index (κ1) is 16.6. The summed E-state index contributed by atoms with van der Waals surface area (Å²) in [6.07, 6.45) is 6.20. The van der Waals surface area contributed by atoms with Crippen LogP contribution >= 0.6 is 0 Å². The van der Waals surface area contributed by atoms with Crippen molar-refractivity contribution in [3.8, 4) is 5.82 Å². The van der Waals surface area contributed by atoms with E-state index in [4.69, 9.17) is 0 Å². The molecule has 1 aliphatic rings. The molecule has 2 aromatic heterocycles. The number of hydrogen-bond acceptors (Lipinski definition) is 2. The molecule has 3 aromatic rings. The van der Waals surface area contributed by atoms with Crippen molar-refractivity contribution in [2.45, 2.75) is 32.1 Å². The van der Waals surface area contributed by atoms with Gasteiger partial charge < -0.3 is 9.67 Å². The van der Waals surface area contributed by atoms with E-state index in [9.17, 15) is 14.3 Å². The number of hydrogen-bond donors (Lipinski definition) is 1. The molecule has 0 unspecified atom stereocenters. The number of rotatable bonds is 5. The molecule has 2 heterocycles. The summed E-state index contributed by atoms with van der Waals surface area (Å²) < 4.78 is 17.3. The number of aromatic nitrogens is 3. The number of halogens is 1. The summed E-state index contributed by atoms with van der Waals surface area (Å²) in [7, 11) is 1.86. The molecule has 4 rings (SSSR count). The van der Waals surface area contributed by atoms with Gasteiger partial charge in [-0.2, -0.15) is 5.10 Å². The Balaban J connectivity index is 1.97. The van der Waals surface area contributed by atoms with Crippen molar-refractivity contribution in [3.05, 3.63) is 53.1 Å². The van der Waals surface area contributed by atoms with Gasteiger partial charge in [-0.15, -0.1) is 0 Å². The SMILES string of the molecule is CCC(=Cc1c(C2CC2)nn(C)c1-n1ccc2cc(F)ccc21)C(=O)O. The summed E-state index contributed by atoms with van der Waals surface area (Å²) in [6.45, 7) is 1.83. The van der Waals surface area contributed by atoms with Crippen molar-refractivity contribution in [1.29, 1.82) is 0 Å². The Hall–Kier alpha value is -2.89. The van der Waals surface area contributed by atoms with Crippen LogP contribution < -0.4 is 0 Å². The highest BCUT2D eigenvalue weighted by atomic mass is 19.1. The minimum Gasteiger partial charge on any atom is -0.478 e. The largest absolute Gasteiger partial charge is 0.478 e. The molecule has 0 spiro atoms. The van der Waals surface area contributed by atoms with Crippen molar-refractivity contribution in [3.63, 3.8) is 0 Å². The Labute approximate surface area is 150 Å². The fraction of sp³-hybridized carbons (Fsp3) is 0.300. The first-order chi connectivity index (χ1) is 12.5. The van der Waals surface area contributed by atoms with Gasteiger partial charge in [-0.3, -0.25) is 4.68 Å². The molecule has 0 atom stereocenters. The average molecular weight is 353 g/mol. The Morgan fingerprint density at radius 1 is 1.38 bits per heavy atom. The van der Waals surface area contributed by atoms with Crippen LogP contribution in [0.5, 0.6) is 0 Å². The van der Waals surface area contributed by atoms with E-state index in [1.54, 1.807) is 16.8 Å². The number of aliphatic carboxylic acids is 1. The molecule has 1 saturated carbocycles. The molecule has 0 radical (unpaired) electrons. The van der Waals surface area contributed by atoms with Crippen molar-refractivity contribution >= 4 is 22.9 Å². The van der Waals surface area contributed by atoms with Gasteiger partial charge in [-0.1, -0.05) is 6.92 Å². The molecule has 5 nitrogen and oxygen atoms in total. The number of carboxylic acids is 1. The van der Waals surface area contributed by atoms with E-state index >= 15 is 0 Å². The van der Waals surface area contributed by atoms with E-state index in [0.29, 0.717) is 17.9 Å². The van der Waals surface area contributed by atoms with Crippen LogP contribution in [0.4, 0.5) is 4.39 Å². The molecule has 1 N–H and O–H groups in total. The molecule has 134 valence electrons. The quantitative estimate of drug-likeness (QED) is 0.697. The van der Waals surface area contributed by atoms with Crippen LogP contribution in [0.25, 0.3) is 22.8 Å². The van der Waals surface area contributed by atoms with Crippen LogP contribution in [-0.2, 0) is 11.8 Å². The van der Waals surface area contributed by atoms with Crippen LogP contribution in [0.2, 0.25) is 0 Å². The van der Waals surface area contributed by atoms with Crippen LogP contribution in [0.3, 0.4) is 0 Å². The van der Waals surface area contributed by atoms with Gasteiger partial charge in [0.25, 0.3) is 0 Å². The lowest BCUT2D eigenvalue weighted by atomic mass is 10.1. The molecular weight excluding hydrogens is 333 g/mol. The molecule has 1 fully saturated rings. The minimum absolute atomic E-state index is 0.279. The number of carboxylic acid groups (broad SMARTS) is 1. The van der Waals surface area contributed by atoms with Gasteiger partial charge in [0.05, 0.1) is 11.2 Å². The molecule has 0 saturated heterocycles. The summed E-state index contributed by atoms with van der Waals surface area (Å²) in [6, 6.07) is 6.52. The molecular formula is C20H20FN3O2. The third-order valence-corrected chi connectivity index (χ3v) is 4.90.